The monoisotopic (exact) mass is 646 g/mol. The van der Waals surface area contributed by atoms with Gasteiger partial charge in [-0.2, -0.15) is 0 Å². The van der Waals surface area contributed by atoms with Gasteiger partial charge >= 0.3 is 0 Å². The predicted octanol–water partition coefficient (Wildman–Crippen LogP) is 6.41. The summed E-state index contributed by atoms with van der Waals surface area (Å²) >= 11 is 6.20. The van der Waals surface area contributed by atoms with Gasteiger partial charge in [0.1, 0.15) is 12.1 Å². The molecular formula is C38H35ClN4O4. The third-order valence-corrected chi connectivity index (χ3v) is 9.03. The summed E-state index contributed by atoms with van der Waals surface area (Å²) in [4.78, 5) is 59.3. The van der Waals surface area contributed by atoms with E-state index in [4.69, 9.17) is 11.6 Å². The number of aryl methyl sites for hydroxylation is 1. The van der Waals surface area contributed by atoms with Crippen LogP contribution >= 0.6 is 11.6 Å². The van der Waals surface area contributed by atoms with E-state index in [-0.39, 0.29) is 43.9 Å². The van der Waals surface area contributed by atoms with Gasteiger partial charge in [0.2, 0.25) is 17.7 Å². The molecule has 1 aliphatic rings. The van der Waals surface area contributed by atoms with E-state index in [1.54, 1.807) is 42.5 Å². The highest BCUT2D eigenvalue weighted by Gasteiger charge is 2.36. The third kappa shape index (κ3) is 7.45. The van der Waals surface area contributed by atoms with Crippen molar-refractivity contribution in [3.05, 3.63) is 136 Å². The summed E-state index contributed by atoms with van der Waals surface area (Å²) < 4.78 is 0. The minimum Gasteiger partial charge on any atom is -0.358 e. The number of rotatable bonds is 10. The van der Waals surface area contributed by atoms with Crippen LogP contribution < -0.4 is 10.6 Å². The summed E-state index contributed by atoms with van der Waals surface area (Å²) in [5, 5.41) is 7.47. The lowest BCUT2D eigenvalue weighted by atomic mass is 9.92. The molecule has 0 saturated carbocycles. The second kappa shape index (κ2) is 14.1. The minimum absolute atomic E-state index is 0.0290. The van der Waals surface area contributed by atoms with Crippen LogP contribution in [0.3, 0.4) is 0 Å². The lowest BCUT2D eigenvalue weighted by molar-refractivity contribution is -0.142. The number of Topliss-reactive ketones (excluding diaryl/α,β-unsaturated/α-hetero) is 1. The summed E-state index contributed by atoms with van der Waals surface area (Å²) in [5.41, 5.74) is 5.52. The van der Waals surface area contributed by atoms with Crippen LogP contribution in [0.5, 0.6) is 0 Å². The summed E-state index contributed by atoms with van der Waals surface area (Å²) in [6.07, 6.45) is 0.481. The Morgan fingerprint density at radius 1 is 0.872 bits per heavy atom. The number of anilines is 1. The average Bonchev–Trinajstić information content (AvgIpc) is 3.50. The highest BCUT2D eigenvalue weighted by Crippen LogP contribution is 2.26. The number of carbonyl (C=O) groups excluding carboxylic acids is 4. The second-order valence-electron chi connectivity index (χ2n) is 11.9. The molecule has 6 rings (SSSR count). The van der Waals surface area contributed by atoms with Crippen molar-refractivity contribution >= 4 is 51.7 Å². The number of nitrogens with zero attached hydrogens (tertiary/aromatic N) is 1. The molecule has 5 aromatic rings. The average molecular weight is 647 g/mol. The van der Waals surface area contributed by atoms with Gasteiger partial charge in [-0.3, -0.25) is 19.2 Å². The molecule has 2 heterocycles. The molecule has 3 amide bonds. The predicted molar refractivity (Wildman–Crippen MR) is 183 cm³/mol. The molecule has 47 heavy (non-hydrogen) atoms. The van der Waals surface area contributed by atoms with Crippen LogP contribution in [0.15, 0.2) is 103 Å². The van der Waals surface area contributed by atoms with Gasteiger partial charge in [-0.1, -0.05) is 84.4 Å². The molecule has 3 N–H and O–H groups in total. The lowest BCUT2D eigenvalue weighted by Gasteiger charge is -2.36. The number of ketones is 1. The summed E-state index contributed by atoms with van der Waals surface area (Å²) in [6.45, 7) is 2.08. The van der Waals surface area contributed by atoms with Crippen molar-refractivity contribution in [3.8, 4) is 0 Å². The summed E-state index contributed by atoms with van der Waals surface area (Å²) in [6, 6.07) is 29.7. The van der Waals surface area contributed by atoms with Gasteiger partial charge in [0, 0.05) is 59.7 Å². The zero-order valence-corrected chi connectivity index (χ0v) is 26.7. The SMILES string of the molecule is Cc1cc(NC(=O)[C@@H](Cc2cc3ccccc3[nH]2)NC(=O)[C@@H]2Cc3ccccc3CN2C(=O)CCC(=O)c2ccccc2)ccc1Cl. The Kier molecular flexibility index (Phi) is 9.50. The Labute approximate surface area is 278 Å². The van der Waals surface area contributed by atoms with E-state index in [0.29, 0.717) is 16.3 Å². The van der Waals surface area contributed by atoms with E-state index >= 15 is 0 Å². The molecule has 2 atom stereocenters. The van der Waals surface area contributed by atoms with Gasteiger partial charge in [-0.15, -0.1) is 0 Å². The number of amides is 3. The molecule has 0 aliphatic carbocycles. The van der Waals surface area contributed by atoms with Crippen molar-refractivity contribution in [3.63, 3.8) is 0 Å². The smallest absolute Gasteiger partial charge is 0.247 e. The van der Waals surface area contributed by atoms with E-state index < -0.39 is 23.9 Å². The number of hydrogen-bond acceptors (Lipinski definition) is 4. The number of carbonyl (C=O) groups is 4. The van der Waals surface area contributed by atoms with Crippen LogP contribution in [-0.2, 0) is 33.8 Å². The van der Waals surface area contributed by atoms with Gasteiger partial charge in [-0.25, -0.2) is 0 Å². The fourth-order valence-electron chi connectivity index (χ4n) is 6.04. The number of aromatic nitrogens is 1. The number of fused-ring (bicyclic) bond motifs is 2. The van der Waals surface area contributed by atoms with Crippen molar-refractivity contribution in [2.45, 2.75) is 51.2 Å². The molecule has 238 valence electrons. The van der Waals surface area contributed by atoms with Crippen LogP contribution in [0.25, 0.3) is 10.9 Å². The van der Waals surface area contributed by atoms with Crippen molar-refractivity contribution in [1.29, 1.82) is 0 Å². The molecule has 0 spiro atoms. The summed E-state index contributed by atoms with van der Waals surface area (Å²) in [7, 11) is 0. The van der Waals surface area contributed by atoms with E-state index in [9.17, 15) is 19.2 Å². The molecular weight excluding hydrogens is 612 g/mol. The third-order valence-electron chi connectivity index (χ3n) is 8.60. The Hall–Kier alpha value is -5.21. The van der Waals surface area contributed by atoms with E-state index in [2.05, 4.69) is 15.6 Å². The normalized spacial score (nSPS) is 14.7. The Morgan fingerprint density at radius 2 is 1.60 bits per heavy atom. The Bertz CT molecular complexity index is 1920. The standard InChI is InChI=1S/C38H35ClN4O4/c1-24-19-29(15-16-31(24)39)41-37(46)33(22-30-20-27-12-7-8-14-32(27)40-30)42-38(47)34-21-26-11-5-6-13-28(26)23-43(34)36(45)18-17-35(44)25-9-3-2-4-10-25/h2-16,19-20,33-34,40H,17-18,21-23H2,1H3,(H,41,46)(H,42,47)/t33-,34+/m1/s1. The number of benzene rings is 4. The molecule has 0 bridgehead atoms. The lowest BCUT2D eigenvalue weighted by Crippen LogP contribution is -2.56. The van der Waals surface area contributed by atoms with Crippen LogP contribution in [0.4, 0.5) is 5.69 Å². The summed E-state index contributed by atoms with van der Waals surface area (Å²) in [5.74, 6) is -1.27. The molecule has 0 fully saturated rings. The first-order chi connectivity index (χ1) is 22.7. The number of hydrogen-bond donors (Lipinski definition) is 3. The number of para-hydroxylation sites is 1. The first kappa shape index (κ1) is 31.8. The van der Waals surface area contributed by atoms with Crippen molar-refractivity contribution in [1.82, 2.24) is 15.2 Å². The van der Waals surface area contributed by atoms with Gasteiger partial charge in [0.25, 0.3) is 0 Å². The van der Waals surface area contributed by atoms with Crippen LogP contribution in [0.1, 0.15) is 45.6 Å². The molecule has 9 heteroatoms. The zero-order chi connectivity index (χ0) is 32.9. The largest absolute Gasteiger partial charge is 0.358 e. The molecule has 8 nitrogen and oxygen atoms in total. The van der Waals surface area contributed by atoms with Crippen LogP contribution in [0.2, 0.25) is 5.02 Å². The maximum atomic E-state index is 14.1. The first-order valence-electron chi connectivity index (χ1n) is 15.6. The number of aromatic amines is 1. The number of halogens is 1. The van der Waals surface area contributed by atoms with Gasteiger partial charge in [0.05, 0.1) is 0 Å². The van der Waals surface area contributed by atoms with Crippen molar-refractivity contribution in [2.24, 2.45) is 0 Å². The quantitative estimate of drug-likeness (QED) is 0.152. The van der Waals surface area contributed by atoms with Crippen LogP contribution in [0, 0.1) is 6.92 Å². The number of nitrogens with one attached hydrogen (secondary N) is 3. The molecule has 0 radical (unpaired) electrons. The second-order valence-corrected chi connectivity index (χ2v) is 12.3. The van der Waals surface area contributed by atoms with Gasteiger partial charge in [0.15, 0.2) is 5.78 Å². The van der Waals surface area contributed by atoms with Crippen molar-refractivity contribution < 1.29 is 19.2 Å². The molecule has 1 aliphatic heterocycles. The topological polar surface area (TPSA) is 111 Å². The fourth-order valence-corrected chi connectivity index (χ4v) is 6.16. The number of H-pyrrole nitrogens is 1. The Morgan fingerprint density at radius 3 is 2.36 bits per heavy atom. The molecule has 0 saturated heterocycles. The molecule has 0 unspecified atom stereocenters. The Balaban J connectivity index is 1.24. The van der Waals surface area contributed by atoms with E-state index in [1.807, 2.05) is 67.6 Å². The highest BCUT2D eigenvalue weighted by atomic mass is 35.5. The molecule has 4 aromatic carbocycles. The highest BCUT2D eigenvalue weighted by molar-refractivity contribution is 6.31. The molecule has 1 aromatic heterocycles. The van der Waals surface area contributed by atoms with Gasteiger partial charge < -0.3 is 20.5 Å². The van der Waals surface area contributed by atoms with Crippen LogP contribution in [-0.4, -0.2) is 45.5 Å². The zero-order valence-electron chi connectivity index (χ0n) is 26.0. The van der Waals surface area contributed by atoms with Gasteiger partial charge in [-0.05, 0) is 59.3 Å². The minimum atomic E-state index is -0.958. The van der Waals surface area contributed by atoms with E-state index in [1.165, 1.54) is 4.90 Å². The fraction of sp³-hybridized carbons (Fsp3) is 0.211. The van der Waals surface area contributed by atoms with E-state index in [0.717, 1.165) is 33.3 Å². The maximum absolute atomic E-state index is 14.1. The van der Waals surface area contributed by atoms with Crippen molar-refractivity contribution in [2.75, 3.05) is 5.32 Å². The first-order valence-corrected chi connectivity index (χ1v) is 16.0. The maximum Gasteiger partial charge on any atom is 0.247 e.